The summed E-state index contributed by atoms with van der Waals surface area (Å²) >= 11 is 1.40. The van der Waals surface area contributed by atoms with Crippen LogP contribution in [0, 0.1) is 5.92 Å². The highest BCUT2D eigenvalue weighted by Crippen LogP contribution is 2.37. The van der Waals surface area contributed by atoms with E-state index in [4.69, 9.17) is 9.84 Å². The van der Waals surface area contributed by atoms with Gasteiger partial charge < -0.3 is 9.84 Å². The number of carbonyl (C=O) groups is 2. The molecule has 0 saturated carbocycles. The molecule has 2 atom stereocenters. The summed E-state index contributed by atoms with van der Waals surface area (Å²) in [6.07, 6.45) is -0.627. The molecule has 0 aliphatic carbocycles. The van der Waals surface area contributed by atoms with Crippen molar-refractivity contribution >= 4 is 23.3 Å². The van der Waals surface area contributed by atoms with Crippen LogP contribution in [0.1, 0.15) is 17.4 Å². The molecule has 5 heteroatoms. The van der Waals surface area contributed by atoms with Gasteiger partial charge in [0.2, 0.25) is 0 Å². The Morgan fingerprint density at radius 3 is 3.00 bits per heavy atom. The summed E-state index contributed by atoms with van der Waals surface area (Å²) in [7, 11) is 0. The number of aliphatic carboxylic acids is 1. The molecule has 2 heterocycles. The average Bonchev–Trinajstić information content (AvgIpc) is 2.70. The molecule has 1 aromatic heterocycles. The Labute approximate surface area is 84.1 Å². The number of carbonyl (C=O) groups excluding carboxylic acids is 1. The lowest BCUT2D eigenvalue weighted by atomic mass is 10.0. The quantitative estimate of drug-likeness (QED) is 0.753. The van der Waals surface area contributed by atoms with Crippen LogP contribution in [0.25, 0.3) is 0 Å². The number of hydrogen-bond acceptors (Lipinski definition) is 4. The second-order valence-corrected chi connectivity index (χ2v) is 4.05. The van der Waals surface area contributed by atoms with Gasteiger partial charge in [-0.3, -0.25) is 9.59 Å². The van der Waals surface area contributed by atoms with Gasteiger partial charge in [-0.05, 0) is 11.4 Å². The fraction of sp³-hybridized carbons (Fsp3) is 0.333. The topological polar surface area (TPSA) is 63.6 Å². The summed E-state index contributed by atoms with van der Waals surface area (Å²) in [5.41, 5.74) is 0. The number of ether oxygens (including phenoxy) is 1. The van der Waals surface area contributed by atoms with Crippen molar-refractivity contribution in [3.63, 3.8) is 0 Å². The minimum Gasteiger partial charge on any atom is -0.481 e. The summed E-state index contributed by atoms with van der Waals surface area (Å²) in [5.74, 6) is -2.15. The lowest BCUT2D eigenvalue weighted by Crippen LogP contribution is -2.16. The van der Waals surface area contributed by atoms with Crippen LogP contribution in [0.5, 0.6) is 0 Å². The fourth-order valence-corrected chi connectivity index (χ4v) is 2.30. The number of cyclic esters (lactones) is 1. The summed E-state index contributed by atoms with van der Waals surface area (Å²) in [6, 6.07) is 3.59. The second-order valence-electron chi connectivity index (χ2n) is 3.07. The van der Waals surface area contributed by atoms with Crippen molar-refractivity contribution in [3.05, 3.63) is 22.4 Å². The smallest absolute Gasteiger partial charge is 0.311 e. The number of carboxylic acid groups (broad SMARTS) is 1. The van der Waals surface area contributed by atoms with Crippen molar-refractivity contribution in [2.45, 2.75) is 12.5 Å². The predicted octanol–water partition coefficient (Wildman–Crippen LogP) is 1.44. The lowest BCUT2D eigenvalue weighted by molar-refractivity contribution is -0.144. The third-order valence-corrected chi connectivity index (χ3v) is 3.09. The van der Waals surface area contributed by atoms with E-state index in [1.165, 1.54) is 11.3 Å². The fourth-order valence-electron chi connectivity index (χ4n) is 1.48. The molecule has 0 aromatic carbocycles. The van der Waals surface area contributed by atoms with Crippen LogP contribution < -0.4 is 0 Å². The number of esters is 1. The number of thiophene rings is 1. The molecule has 0 bridgehead atoms. The molecular formula is C9H8O4S. The van der Waals surface area contributed by atoms with Crippen LogP contribution in [0.15, 0.2) is 17.5 Å². The van der Waals surface area contributed by atoms with Crippen LogP contribution in [-0.4, -0.2) is 17.0 Å². The molecular weight excluding hydrogens is 204 g/mol. The highest BCUT2D eigenvalue weighted by atomic mass is 32.1. The van der Waals surface area contributed by atoms with Gasteiger partial charge in [-0.15, -0.1) is 11.3 Å². The summed E-state index contributed by atoms with van der Waals surface area (Å²) < 4.78 is 4.97. The largest absolute Gasteiger partial charge is 0.481 e. The first-order valence-corrected chi connectivity index (χ1v) is 5.02. The van der Waals surface area contributed by atoms with Crippen molar-refractivity contribution in [3.8, 4) is 0 Å². The molecule has 4 nitrogen and oxygen atoms in total. The molecule has 0 spiro atoms. The molecule has 1 aliphatic heterocycles. The molecule has 2 rings (SSSR count). The highest BCUT2D eigenvalue weighted by Gasteiger charge is 2.41. The molecule has 1 aromatic rings. The van der Waals surface area contributed by atoms with E-state index in [0.29, 0.717) is 0 Å². The van der Waals surface area contributed by atoms with Crippen LogP contribution in [0.2, 0.25) is 0 Å². The van der Waals surface area contributed by atoms with Gasteiger partial charge in [0.05, 0.1) is 6.42 Å². The van der Waals surface area contributed by atoms with Crippen LogP contribution in [-0.2, 0) is 14.3 Å². The molecule has 1 fully saturated rings. The molecule has 0 radical (unpaired) electrons. The number of hydrogen-bond donors (Lipinski definition) is 1. The molecule has 1 N–H and O–H groups in total. The van der Waals surface area contributed by atoms with E-state index in [0.717, 1.165) is 4.88 Å². The third-order valence-electron chi connectivity index (χ3n) is 2.15. The van der Waals surface area contributed by atoms with E-state index in [1.54, 1.807) is 6.07 Å². The summed E-state index contributed by atoms with van der Waals surface area (Å²) in [6.45, 7) is 0. The maximum absolute atomic E-state index is 11.0. The maximum atomic E-state index is 11.0. The van der Waals surface area contributed by atoms with Crippen molar-refractivity contribution in [2.75, 3.05) is 0 Å². The Bertz CT molecular complexity index is 357. The highest BCUT2D eigenvalue weighted by molar-refractivity contribution is 7.10. The molecule has 14 heavy (non-hydrogen) atoms. The number of rotatable bonds is 2. The van der Waals surface area contributed by atoms with Gasteiger partial charge in [-0.1, -0.05) is 6.07 Å². The van der Waals surface area contributed by atoms with Gasteiger partial charge in [0, 0.05) is 4.88 Å². The Balaban J connectivity index is 2.26. The molecule has 1 saturated heterocycles. The van der Waals surface area contributed by atoms with Crippen molar-refractivity contribution in [1.29, 1.82) is 0 Å². The van der Waals surface area contributed by atoms with Crippen molar-refractivity contribution in [1.82, 2.24) is 0 Å². The predicted molar refractivity (Wildman–Crippen MR) is 48.9 cm³/mol. The SMILES string of the molecule is O=C1C[C@@H](C(=O)O)[C@H](c2cccs2)O1. The summed E-state index contributed by atoms with van der Waals surface area (Å²) in [5, 5.41) is 10.7. The summed E-state index contributed by atoms with van der Waals surface area (Å²) in [4.78, 5) is 22.6. The first-order valence-electron chi connectivity index (χ1n) is 4.14. The van der Waals surface area contributed by atoms with Gasteiger partial charge in [0.25, 0.3) is 0 Å². The standard InChI is InChI=1S/C9H8O4S/c10-7-4-5(9(11)12)8(13-7)6-2-1-3-14-6/h1-3,5,8H,4H2,(H,11,12)/t5-,8-/m1/s1. The zero-order valence-electron chi connectivity index (χ0n) is 7.17. The van der Waals surface area contributed by atoms with Gasteiger partial charge in [-0.2, -0.15) is 0 Å². The molecule has 0 amide bonds. The zero-order chi connectivity index (χ0) is 10.1. The van der Waals surface area contributed by atoms with Crippen LogP contribution >= 0.6 is 11.3 Å². The average molecular weight is 212 g/mol. The van der Waals surface area contributed by atoms with Gasteiger partial charge in [-0.25, -0.2) is 0 Å². The lowest BCUT2D eigenvalue weighted by Gasteiger charge is -2.11. The van der Waals surface area contributed by atoms with Crippen LogP contribution in [0.3, 0.4) is 0 Å². The zero-order valence-corrected chi connectivity index (χ0v) is 7.99. The van der Waals surface area contributed by atoms with E-state index in [1.807, 2.05) is 11.4 Å². The molecule has 1 aliphatic rings. The Morgan fingerprint density at radius 2 is 2.43 bits per heavy atom. The first kappa shape index (κ1) is 9.21. The Kier molecular flexibility index (Phi) is 2.25. The molecule has 74 valence electrons. The maximum Gasteiger partial charge on any atom is 0.311 e. The monoisotopic (exact) mass is 212 g/mol. The minimum absolute atomic E-state index is 0.0299. The second kappa shape index (κ2) is 3.42. The number of carboxylic acids is 1. The van der Waals surface area contributed by atoms with E-state index in [2.05, 4.69) is 0 Å². The Morgan fingerprint density at radius 1 is 1.64 bits per heavy atom. The normalized spacial score (nSPS) is 26.1. The van der Waals surface area contributed by atoms with E-state index in [9.17, 15) is 9.59 Å². The van der Waals surface area contributed by atoms with Gasteiger partial charge in [0.15, 0.2) is 0 Å². The van der Waals surface area contributed by atoms with E-state index >= 15 is 0 Å². The van der Waals surface area contributed by atoms with Gasteiger partial charge >= 0.3 is 11.9 Å². The van der Waals surface area contributed by atoms with Gasteiger partial charge in [0.1, 0.15) is 12.0 Å². The third kappa shape index (κ3) is 1.50. The van der Waals surface area contributed by atoms with E-state index < -0.39 is 24.0 Å². The van der Waals surface area contributed by atoms with E-state index in [-0.39, 0.29) is 6.42 Å². The Hall–Kier alpha value is -1.36. The van der Waals surface area contributed by atoms with Crippen LogP contribution in [0.4, 0.5) is 0 Å². The van der Waals surface area contributed by atoms with Crippen molar-refractivity contribution in [2.24, 2.45) is 5.92 Å². The minimum atomic E-state index is -0.978. The van der Waals surface area contributed by atoms with Crippen molar-refractivity contribution < 1.29 is 19.4 Å². The first-order chi connectivity index (χ1) is 6.68. The molecule has 0 unspecified atom stereocenters.